The first-order valence-corrected chi connectivity index (χ1v) is 6.42. The number of hydrogen-bond donors (Lipinski definition) is 1. The number of nitro groups is 1. The Morgan fingerprint density at radius 1 is 1.58 bits per heavy atom. The van der Waals surface area contributed by atoms with E-state index >= 15 is 0 Å². The molecule has 0 radical (unpaired) electrons. The second-order valence-corrected chi connectivity index (χ2v) is 5.10. The number of nitrogens with zero attached hydrogens (tertiary/aromatic N) is 2. The van der Waals surface area contributed by atoms with Gasteiger partial charge in [-0.25, -0.2) is 4.39 Å². The van der Waals surface area contributed by atoms with Crippen LogP contribution in [0.15, 0.2) is 18.2 Å². The minimum absolute atomic E-state index is 0.176. The van der Waals surface area contributed by atoms with Crippen LogP contribution in [0.25, 0.3) is 0 Å². The van der Waals surface area contributed by atoms with Crippen LogP contribution in [0.5, 0.6) is 0 Å². The van der Waals surface area contributed by atoms with E-state index in [0.717, 1.165) is 19.0 Å². The molecule has 1 aromatic rings. The molecule has 2 unspecified atom stereocenters. The van der Waals surface area contributed by atoms with Gasteiger partial charge in [-0.3, -0.25) is 10.1 Å². The van der Waals surface area contributed by atoms with Gasteiger partial charge < -0.3 is 10.6 Å². The van der Waals surface area contributed by atoms with Gasteiger partial charge in [-0.15, -0.1) is 0 Å². The van der Waals surface area contributed by atoms with Crippen LogP contribution in [-0.4, -0.2) is 24.6 Å². The molecule has 0 aromatic heterocycles. The second-order valence-electron chi connectivity index (χ2n) is 5.10. The molecule has 6 heteroatoms. The fraction of sp³-hybridized carbons (Fsp3) is 0.538. The number of nitro benzene ring substituents is 1. The molecule has 1 aromatic carbocycles. The van der Waals surface area contributed by atoms with Crippen LogP contribution in [0.4, 0.5) is 15.8 Å². The Morgan fingerprint density at radius 2 is 2.32 bits per heavy atom. The van der Waals surface area contributed by atoms with Crippen LogP contribution in [0.1, 0.15) is 13.3 Å². The lowest BCUT2D eigenvalue weighted by Crippen LogP contribution is -2.42. The molecule has 1 aliphatic rings. The summed E-state index contributed by atoms with van der Waals surface area (Å²) in [6, 6.07) is 3.72. The molecular weight excluding hydrogens is 249 g/mol. The average Bonchev–Trinajstić information content (AvgIpc) is 2.39. The molecule has 2 N–H and O–H groups in total. The molecular formula is C13H18FN3O2. The van der Waals surface area contributed by atoms with E-state index in [9.17, 15) is 14.5 Å². The fourth-order valence-electron chi connectivity index (χ4n) is 2.59. The smallest absolute Gasteiger partial charge is 0.295 e. The highest BCUT2D eigenvalue weighted by molar-refractivity contribution is 5.63. The van der Waals surface area contributed by atoms with E-state index < -0.39 is 10.7 Å². The zero-order valence-electron chi connectivity index (χ0n) is 10.9. The Morgan fingerprint density at radius 3 is 2.95 bits per heavy atom. The molecule has 2 atom stereocenters. The number of nitrogens with two attached hydrogens (primary N) is 1. The third kappa shape index (κ3) is 2.84. The van der Waals surface area contributed by atoms with Crippen molar-refractivity contribution in [3.05, 3.63) is 34.1 Å². The van der Waals surface area contributed by atoms with Crippen molar-refractivity contribution in [1.29, 1.82) is 0 Å². The van der Waals surface area contributed by atoms with E-state index in [0.29, 0.717) is 30.6 Å². The first-order valence-electron chi connectivity index (χ1n) is 6.42. The van der Waals surface area contributed by atoms with Gasteiger partial charge in [0.2, 0.25) is 0 Å². The van der Waals surface area contributed by atoms with Crippen molar-refractivity contribution in [2.24, 2.45) is 17.6 Å². The molecule has 0 spiro atoms. The first-order chi connectivity index (χ1) is 9.02. The monoisotopic (exact) mass is 267 g/mol. The van der Waals surface area contributed by atoms with E-state index in [2.05, 4.69) is 6.92 Å². The maximum absolute atomic E-state index is 13.1. The average molecular weight is 267 g/mol. The fourth-order valence-corrected chi connectivity index (χ4v) is 2.59. The van der Waals surface area contributed by atoms with Crippen molar-refractivity contribution in [3.63, 3.8) is 0 Å². The predicted octanol–water partition coefficient (Wildman–Crippen LogP) is 2.16. The van der Waals surface area contributed by atoms with Crippen molar-refractivity contribution in [1.82, 2.24) is 0 Å². The van der Waals surface area contributed by atoms with Crippen LogP contribution >= 0.6 is 0 Å². The predicted molar refractivity (Wildman–Crippen MR) is 71.6 cm³/mol. The van der Waals surface area contributed by atoms with Gasteiger partial charge in [-0.1, -0.05) is 6.92 Å². The number of rotatable bonds is 3. The van der Waals surface area contributed by atoms with Crippen molar-refractivity contribution in [3.8, 4) is 0 Å². The normalized spacial score (nSPS) is 23.4. The zero-order chi connectivity index (χ0) is 14.0. The third-order valence-electron chi connectivity index (χ3n) is 3.89. The minimum atomic E-state index is -0.587. The van der Waals surface area contributed by atoms with Crippen LogP contribution in [-0.2, 0) is 0 Å². The number of piperidine rings is 1. The van der Waals surface area contributed by atoms with Gasteiger partial charge >= 0.3 is 0 Å². The molecule has 0 bridgehead atoms. The van der Waals surface area contributed by atoms with E-state index in [-0.39, 0.29) is 5.69 Å². The Kier molecular flexibility index (Phi) is 3.99. The number of hydrogen-bond acceptors (Lipinski definition) is 4. The van der Waals surface area contributed by atoms with Gasteiger partial charge in [0, 0.05) is 13.1 Å². The van der Waals surface area contributed by atoms with Crippen molar-refractivity contribution in [2.75, 3.05) is 24.5 Å². The van der Waals surface area contributed by atoms with E-state index in [1.54, 1.807) is 0 Å². The molecule has 19 heavy (non-hydrogen) atoms. The second kappa shape index (κ2) is 5.52. The lowest BCUT2D eigenvalue weighted by molar-refractivity contribution is -0.384. The first kappa shape index (κ1) is 13.7. The summed E-state index contributed by atoms with van der Waals surface area (Å²) in [5.41, 5.74) is 6.04. The van der Waals surface area contributed by atoms with Crippen LogP contribution in [0, 0.1) is 27.8 Å². The summed E-state index contributed by atoms with van der Waals surface area (Å²) in [5.74, 6) is 0.246. The van der Waals surface area contributed by atoms with Crippen molar-refractivity contribution in [2.45, 2.75) is 13.3 Å². The highest BCUT2D eigenvalue weighted by atomic mass is 19.1. The third-order valence-corrected chi connectivity index (χ3v) is 3.89. The standard InChI is InChI=1S/C13H18FN3O2/c1-9-4-5-16(8-10(9)7-15)12-3-2-11(14)6-13(12)17(18)19/h2-3,6,9-10H,4-5,7-8,15H2,1H3. The summed E-state index contributed by atoms with van der Waals surface area (Å²) >= 11 is 0. The van der Waals surface area contributed by atoms with Gasteiger partial charge in [0.05, 0.1) is 11.0 Å². The molecule has 104 valence electrons. The maximum Gasteiger partial charge on any atom is 0.295 e. The summed E-state index contributed by atoms with van der Waals surface area (Å²) in [4.78, 5) is 12.4. The van der Waals surface area contributed by atoms with Crippen LogP contribution in [0.3, 0.4) is 0 Å². The van der Waals surface area contributed by atoms with E-state index in [1.807, 2.05) is 4.90 Å². The lowest BCUT2D eigenvalue weighted by Gasteiger charge is -2.37. The van der Waals surface area contributed by atoms with E-state index in [4.69, 9.17) is 5.73 Å². The van der Waals surface area contributed by atoms with Crippen LogP contribution in [0.2, 0.25) is 0 Å². The molecule has 2 rings (SSSR count). The maximum atomic E-state index is 13.1. The summed E-state index contributed by atoms with van der Waals surface area (Å²) in [7, 11) is 0. The van der Waals surface area contributed by atoms with Gasteiger partial charge in [0.15, 0.2) is 0 Å². The quantitative estimate of drug-likeness (QED) is 0.672. The topological polar surface area (TPSA) is 72.4 Å². The zero-order valence-corrected chi connectivity index (χ0v) is 10.9. The Bertz CT molecular complexity index is 481. The van der Waals surface area contributed by atoms with E-state index in [1.165, 1.54) is 12.1 Å². The molecule has 1 fully saturated rings. The summed E-state index contributed by atoms with van der Waals surface area (Å²) in [6.45, 7) is 4.13. The number of benzene rings is 1. The highest BCUT2D eigenvalue weighted by Crippen LogP contribution is 2.33. The summed E-state index contributed by atoms with van der Waals surface area (Å²) < 4.78 is 13.1. The molecule has 1 saturated heterocycles. The molecule has 0 saturated carbocycles. The molecule has 1 aliphatic heterocycles. The number of anilines is 1. The molecule has 0 amide bonds. The summed E-state index contributed by atoms with van der Waals surface area (Å²) in [6.07, 6.45) is 0.941. The Labute approximate surface area is 111 Å². The molecule has 5 nitrogen and oxygen atoms in total. The van der Waals surface area contributed by atoms with Crippen molar-refractivity contribution >= 4 is 11.4 Å². The lowest BCUT2D eigenvalue weighted by atomic mass is 9.87. The molecule has 1 heterocycles. The van der Waals surface area contributed by atoms with Crippen molar-refractivity contribution < 1.29 is 9.31 Å². The highest BCUT2D eigenvalue weighted by Gasteiger charge is 2.29. The molecule has 0 aliphatic carbocycles. The number of halogens is 1. The van der Waals surface area contributed by atoms with Gasteiger partial charge in [-0.05, 0) is 36.9 Å². The Balaban J connectivity index is 2.29. The SMILES string of the molecule is CC1CCN(c2ccc(F)cc2[N+](=O)[O-])CC1CN. The van der Waals surface area contributed by atoms with Gasteiger partial charge in [0.25, 0.3) is 5.69 Å². The summed E-state index contributed by atoms with van der Waals surface area (Å²) in [5, 5.41) is 11.0. The van der Waals surface area contributed by atoms with Gasteiger partial charge in [-0.2, -0.15) is 0 Å². The van der Waals surface area contributed by atoms with Crippen LogP contribution < -0.4 is 10.6 Å². The minimum Gasteiger partial charge on any atom is -0.366 e. The largest absolute Gasteiger partial charge is 0.366 e. The Hall–Kier alpha value is -1.69. The van der Waals surface area contributed by atoms with Gasteiger partial charge in [0.1, 0.15) is 11.5 Å².